The lowest BCUT2D eigenvalue weighted by Crippen LogP contribution is -2.01. The number of nitrogens with zero attached hydrogens (tertiary/aromatic N) is 2. The molecule has 0 fully saturated rings. The standard InChI is InChI=1S/C10H8FN3O2S/c1-5-12-10(17-14-5)13-6-2-3-7(9(15)16)8(11)4-6/h2-4H,1H3,(H,15,16)(H,12,13,14). The molecule has 0 bridgehead atoms. The number of aromatic nitrogens is 2. The van der Waals surface area contributed by atoms with E-state index in [-0.39, 0.29) is 5.56 Å². The number of hydrogen-bond donors (Lipinski definition) is 2. The molecule has 88 valence electrons. The molecule has 0 amide bonds. The lowest BCUT2D eigenvalue weighted by Gasteiger charge is -2.03. The highest BCUT2D eigenvalue weighted by molar-refractivity contribution is 7.09. The van der Waals surface area contributed by atoms with Crippen LogP contribution in [0.2, 0.25) is 0 Å². The molecule has 0 unspecified atom stereocenters. The SMILES string of the molecule is Cc1nsc(Nc2ccc(C(=O)O)c(F)c2)n1. The van der Waals surface area contributed by atoms with E-state index < -0.39 is 11.8 Å². The molecule has 2 rings (SSSR count). The molecule has 0 aliphatic rings. The van der Waals surface area contributed by atoms with E-state index in [4.69, 9.17) is 5.11 Å². The Kier molecular flexibility index (Phi) is 3.01. The van der Waals surface area contributed by atoms with Gasteiger partial charge in [-0.15, -0.1) is 0 Å². The van der Waals surface area contributed by atoms with E-state index in [1.807, 2.05) is 0 Å². The van der Waals surface area contributed by atoms with Gasteiger partial charge in [0, 0.05) is 17.2 Å². The number of carboxylic acid groups (broad SMARTS) is 1. The highest BCUT2D eigenvalue weighted by Crippen LogP contribution is 2.20. The quantitative estimate of drug-likeness (QED) is 0.878. The van der Waals surface area contributed by atoms with Gasteiger partial charge in [-0.05, 0) is 25.1 Å². The summed E-state index contributed by atoms with van der Waals surface area (Å²) >= 11 is 1.15. The van der Waals surface area contributed by atoms with Crippen molar-refractivity contribution in [1.29, 1.82) is 0 Å². The molecule has 0 radical (unpaired) electrons. The molecule has 0 saturated carbocycles. The average Bonchev–Trinajstić information content (AvgIpc) is 2.63. The molecule has 0 saturated heterocycles. The van der Waals surface area contributed by atoms with Gasteiger partial charge in [0.1, 0.15) is 11.6 Å². The summed E-state index contributed by atoms with van der Waals surface area (Å²) in [6, 6.07) is 3.79. The molecule has 0 atom stereocenters. The van der Waals surface area contributed by atoms with Crippen LogP contribution in [-0.2, 0) is 0 Å². The van der Waals surface area contributed by atoms with Crippen molar-refractivity contribution in [2.24, 2.45) is 0 Å². The maximum atomic E-state index is 13.4. The van der Waals surface area contributed by atoms with Gasteiger partial charge in [-0.1, -0.05) is 0 Å². The number of carbonyl (C=O) groups is 1. The zero-order chi connectivity index (χ0) is 12.4. The van der Waals surface area contributed by atoms with E-state index in [0.717, 1.165) is 17.6 Å². The van der Waals surface area contributed by atoms with Gasteiger partial charge in [-0.3, -0.25) is 0 Å². The van der Waals surface area contributed by atoms with Crippen molar-refractivity contribution < 1.29 is 14.3 Å². The van der Waals surface area contributed by atoms with Gasteiger partial charge in [0.2, 0.25) is 5.13 Å². The molecule has 2 N–H and O–H groups in total. The van der Waals surface area contributed by atoms with E-state index in [1.54, 1.807) is 6.92 Å². The average molecular weight is 253 g/mol. The number of halogens is 1. The summed E-state index contributed by atoms with van der Waals surface area (Å²) in [7, 11) is 0. The first-order chi connectivity index (χ1) is 8.06. The first kappa shape index (κ1) is 11.5. The van der Waals surface area contributed by atoms with E-state index in [0.29, 0.717) is 16.6 Å². The first-order valence-corrected chi connectivity index (χ1v) is 5.44. The lowest BCUT2D eigenvalue weighted by molar-refractivity contribution is 0.0692. The van der Waals surface area contributed by atoms with Gasteiger partial charge in [0.05, 0.1) is 5.56 Å². The van der Waals surface area contributed by atoms with Gasteiger partial charge in [0.25, 0.3) is 0 Å². The first-order valence-electron chi connectivity index (χ1n) is 4.66. The van der Waals surface area contributed by atoms with Crippen molar-refractivity contribution in [3.8, 4) is 0 Å². The molecule has 17 heavy (non-hydrogen) atoms. The van der Waals surface area contributed by atoms with Crippen molar-refractivity contribution >= 4 is 28.3 Å². The molecule has 1 aromatic carbocycles. The summed E-state index contributed by atoms with van der Waals surface area (Å²) < 4.78 is 17.3. The molecule has 0 aliphatic carbocycles. The minimum Gasteiger partial charge on any atom is -0.478 e. The van der Waals surface area contributed by atoms with Gasteiger partial charge in [-0.25, -0.2) is 14.2 Å². The van der Waals surface area contributed by atoms with Crippen molar-refractivity contribution in [3.05, 3.63) is 35.4 Å². The zero-order valence-corrected chi connectivity index (χ0v) is 9.58. The molecular formula is C10H8FN3O2S. The second kappa shape index (κ2) is 4.46. The highest BCUT2D eigenvalue weighted by atomic mass is 32.1. The Morgan fingerprint density at radius 1 is 1.53 bits per heavy atom. The Morgan fingerprint density at radius 2 is 2.29 bits per heavy atom. The Hall–Kier alpha value is -2.02. The van der Waals surface area contributed by atoms with E-state index in [9.17, 15) is 9.18 Å². The fraction of sp³-hybridized carbons (Fsp3) is 0.100. The number of anilines is 2. The third-order valence-corrected chi connectivity index (χ3v) is 2.70. The number of benzene rings is 1. The van der Waals surface area contributed by atoms with Gasteiger partial charge in [0.15, 0.2) is 0 Å². The minimum absolute atomic E-state index is 0.357. The molecule has 2 aromatic rings. The lowest BCUT2D eigenvalue weighted by atomic mass is 10.2. The van der Waals surface area contributed by atoms with Gasteiger partial charge in [-0.2, -0.15) is 4.37 Å². The molecule has 5 nitrogen and oxygen atoms in total. The number of carboxylic acids is 1. The maximum Gasteiger partial charge on any atom is 0.338 e. The van der Waals surface area contributed by atoms with Crippen LogP contribution in [0, 0.1) is 12.7 Å². The minimum atomic E-state index is -1.29. The van der Waals surface area contributed by atoms with Crippen LogP contribution in [0.4, 0.5) is 15.2 Å². The van der Waals surface area contributed by atoms with Crippen LogP contribution >= 0.6 is 11.5 Å². The number of aromatic carboxylic acids is 1. The summed E-state index contributed by atoms with van der Waals surface area (Å²) in [5.74, 6) is -1.45. The van der Waals surface area contributed by atoms with Crippen molar-refractivity contribution in [2.75, 3.05) is 5.32 Å². The Bertz CT molecular complexity index is 570. The fourth-order valence-corrected chi connectivity index (χ4v) is 1.83. The summed E-state index contributed by atoms with van der Waals surface area (Å²) in [5.41, 5.74) is 0.0765. The summed E-state index contributed by atoms with van der Waals surface area (Å²) in [6.45, 7) is 1.75. The summed E-state index contributed by atoms with van der Waals surface area (Å²) in [4.78, 5) is 14.7. The predicted molar refractivity (Wildman–Crippen MR) is 61.3 cm³/mol. The normalized spacial score (nSPS) is 10.2. The van der Waals surface area contributed by atoms with Gasteiger partial charge < -0.3 is 10.4 Å². The molecule has 1 aromatic heterocycles. The molecule has 7 heteroatoms. The number of aryl methyl sites for hydroxylation is 1. The van der Waals surface area contributed by atoms with E-state index >= 15 is 0 Å². The molecule has 1 heterocycles. The summed E-state index contributed by atoms with van der Waals surface area (Å²) in [5, 5.41) is 12.0. The van der Waals surface area contributed by atoms with E-state index in [1.165, 1.54) is 12.1 Å². The van der Waals surface area contributed by atoms with Crippen molar-refractivity contribution in [3.63, 3.8) is 0 Å². The second-order valence-electron chi connectivity index (χ2n) is 3.27. The summed E-state index contributed by atoms with van der Waals surface area (Å²) in [6.07, 6.45) is 0. The topological polar surface area (TPSA) is 75.1 Å². The number of hydrogen-bond acceptors (Lipinski definition) is 5. The van der Waals surface area contributed by atoms with Crippen LogP contribution in [0.15, 0.2) is 18.2 Å². The third kappa shape index (κ3) is 2.56. The van der Waals surface area contributed by atoms with E-state index in [2.05, 4.69) is 14.7 Å². The second-order valence-corrected chi connectivity index (χ2v) is 4.02. The number of rotatable bonds is 3. The van der Waals surface area contributed by atoms with Crippen LogP contribution in [0.3, 0.4) is 0 Å². The molecule has 0 spiro atoms. The smallest absolute Gasteiger partial charge is 0.338 e. The van der Waals surface area contributed by atoms with Gasteiger partial charge >= 0.3 is 5.97 Å². The zero-order valence-electron chi connectivity index (χ0n) is 8.77. The number of nitrogens with one attached hydrogen (secondary N) is 1. The Balaban J connectivity index is 2.23. The van der Waals surface area contributed by atoms with Crippen LogP contribution in [0.1, 0.15) is 16.2 Å². The van der Waals surface area contributed by atoms with Crippen LogP contribution in [0.5, 0.6) is 0 Å². The van der Waals surface area contributed by atoms with Crippen molar-refractivity contribution in [1.82, 2.24) is 9.36 Å². The van der Waals surface area contributed by atoms with Crippen LogP contribution in [0.25, 0.3) is 0 Å². The molecular weight excluding hydrogens is 245 g/mol. The third-order valence-electron chi connectivity index (χ3n) is 1.98. The maximum absolute atomic E-state index is 13.4. The van der Waals surface area contributed by atoms with Crippen LogP contribution < -0.4 is 5.32 Å². The largest absolute Gasteiger partial charge is 0.478 e. The van der Waals surface area contributed by atoms with Crippen LogP contribution in [-0.4, -0.2) is 20.4 Å². The monoisotopic (exact) mass is 253 g/mol. The fourth-order valence-electron chi connectivity index (χ4n) is 1.24. The predicted octanol–water partition coefficient (Wildman–Crippen LogP) is 2.43. The Labute approximate surface area is 100 Å². The van der Waals surface area contributed by atoms with Crippen molar-refractivity contribution in [2.45, 2.75) is 6.92 Å². The molecule has 0 aliphatic heterocycles. The Morgan fingerprint density at radius 3 is 2.82 bits per heavy atom. The highest BCUT2D eigenvalue weighted by Gasteiger charge is 2.10.